The molecule has 17 heavy (non-hydrogen) atoms. The van der Waals surface area contributed by atoms with E-state index in [0.29, 0.717) is 27.5 Å². The molecule has 1 aliphatic carbocycles. The van der Waals surface area contributed by atoms with Crippen LogP contribution in [0.25, 0.3) is 0 Å². The van der Waals surface area contributed by atoms with Gasteiger partial charge in [-0.2, -0.15) is 0 Å². The molecular weight excluding hydrogens is 234 g/mol. The normalized spacial score (nSPS) is 21.2. The molecule has 1 aromatic rings. The van der Waals surface area contributed by atoms with Gasteiger partial charge in [0.2, 0.25) is 0 Å². The Balaban J connectivity index is 2.00. The molecule has 0 bridgehead atoms. The zero-order chi connectivity index (χ0) is 12.8. The average Bonchev–Trinajstić information content (AvgIpc) is 2.58. The zero-order valence-corrected chi connectivity index (χ0v) is 11.6. The van der Waals surface area contributed by atoms with Crippen molar-refractivity contribution in [1.29, 1.82) is 0 Å². The second-order valence-electron chi connectivity index (χ2n) is 5.98. The number of hydrogen-bond acceptors (Lipinski definition) is 3. The molecule has 0 aromatic carbocycles. The van der Waals surface area contributed by atoms with Gasteiger partial charge in [0, 0.05) is 6.54 Å². The fourth-order valence-electron chi connectivity index (χ4n) is 2.63. The number of nitrogen functional groups attached to an aromatic ring is 1. The van der Waals surface area contributed by atoms with E-state index in [1.165, 1.54) is 0 Å². The van der Waals surface area contributed by atoms with E-state index < -0.39 is 0 Å². The van der Waals surface area contributed by atoms with Gasteiger partial charge in [-0.25, -0.2) is 4.98 Å². The van der Waals surface area contributed by atoms with Crippen molar-refractivity contribution in [3.8, 4) is 0 Å². The van der Waals surface area contributed by atoms with E-state index >= 15 is 0 Å². The van der Waals surface area contributed by atoms with Crippen molar-refractivity contribution in [2.75, 3.05) is 17.6 Å². The number of hydrogen-bond donors (Lipinski definition) is 2. The summed E-state index contributed by atoms with van der Waals surface area (Å²) in [6.07, 6.45) is 1.62. The number of aromatic nitrogens is 1. The number of pyridine rings is 1. The second-order valence-corrected chi connectivity index (χ2v) is 6.38. The summed E-state index contributed by atoms with van der Waals surface area (Å²) in [5, 5.41) is 3.90. The molecule has 0 spiro atoms. The van der Waals surface area contributed by atoms with Crippen molar-refractivity contribution in [2.24, 2.45) is 16.7 Å². The largest absolute Gasteiger partial charge is 0.397 e. The highest BCUT2D eigenvalue weighted by molar-refractivity contribution is 6.33. The zero-order valence-electron chi connectivity index (χ0n) is 10.8. The predicted octanol–water partition coefficient (Wildman–Crippen LogP) is 3.41. The maximum atomic E-state index is 6.07. The molecule has 1 aromatic heterocycles. The number of nitrogens with zero attached hydrogens (tertiary/aromatic N) is 1. The smallest absolute Gasteiger partial charge is 0.144 e. The second kappa shape index (κ2) is 3.77. The third-order valence-electron chi connectivity index (χ3n) is 4.66. The summed E-state index contributed by atoms with van der Waals surface area (Å²) >= 11 is 6.07. The first-order chi connectivity index (χ1) is 7.76. The van der Waals surface area contributed by atoms with E-state index in [-0.39, 0.29) is 0 Å². The third-order valence-corrected chi connectivity index (χ3v) is 4.94. The summed E-state index contributed by atoms with van der Waals surface area (Å²) in [5.74, 6) is 1.37. The van der Waals surface area contributed by atoms with Crippen molar-refractivity contribution in [3.63, 3.8) is 0 Å². The molecule has 1 fully saturated rings. The van der Waals surface area contributed by atoms with Gasteiger partial charge >= 0.3 is 0 Å². The molecule has 94 valence electrons. The third kappa shape index (κ3) is 1.97. The first kappa shape index (κ1) is 12.5. The molecule has 0 aliphatic heterocycles. The van der Waals surface area contributed by atoms with Crippen LogP contribution in [0.2, 0.25) is 5.02 Å². The average molecular weight is 254 g/mol. The lowest BCUT2D eigenvalue weighted by molar-refractivity contribution is 0.457. The molecule has 4 heteroatoms. The molecule has 0 radical (unpaired) electrons. The minimum absolute atomic E-state index is 0.375. The highest BCUT2D eigenvalue weighted by atomic mass is 35.5. The molecule has 3 nitrogen and oxygen atoms in total. The van der Waals surface area contributed by atoms with E-state index in [1.807, 2.05) is 0 Å². The monoisotopic (exact) mass is 253 g/mol. The number of rotatable bonds is 3. The van der Waals surface area contributed by atoms with Crippen LogP contribution in [-0.2, 0) is 0 Å². The van der Waals surface area contributed by atoms with Crippen LogP contribution in [0.15, 0.2) is 12.3 Å². The molecule has 0 amide bonds. The number of nitrogens with one attached hydrogen (secondary N) is 1. The number of nitrogens with two attached hydrogens (primary N) is 1. The lowest BCUT2D eigenvalue weighted by Crippen LogP contribution is -2.09. The van der Waals surface area contributed by atoms with Crippen molar-refractivity contribution in [1.82, 2.24) is 4.98 Å². The first-order valence-electron chi connectivity index (χ1n) is 5.91. The summed E-state index contributed by atoms with van der Waals surface area (Å²) in [7, 11) is 0. The number of halogens is 1. The summed E-state index contributed by atoms with van der Waals surface area (Å²) < 4.78 is 0. The van der Waals surface area contributed by atoms with Crippen LogP contribution in [0.3, 0.4) is 0 Å². The molecule has 3 N–H and O–H groups in total. The quantitative estimate of drug-likeness (QED) is 0.868. The predicted molar refractivity (Wildman–Crippen MR) is 73.2 cm³/mol. The summed E-state index contributed by atoms with van der Waals surface area (Å²) in [5.41, 5.74) is 6.95. The van der Waals surface area contributed by atoms with E-state index in [0.717, 1.165) is 12.4 Å². The van der Waals surface area contributed by atoms with Crippen LogP contribution in [0.1, 0.15) is 27.7 Å². The van der Waals surface area contributed by atoms with Crippen molar-refractivity contribution >= 4 is 23.1 Å². The summed E-state index contributed by atoms with van der Waals surface area (Å²) in [6.45, 7) is 10.1. The first-order valence-corrected chi connectivity index (χ1v) is 6.29. The highest BCUT2D eigenvalue weighted by Crippen LogP contribution is 2.68. The van der Waals surface area contributed by atoms with Gasteiger partial charge in [0.25, 0.3) is 0 Å². The van der Waals surface area contributed by atoms with E-state index in [9.17, 15) is 0 Å². The lowest BCUT2D eigenvalue weighted by atomic mass is 10.0. The maximum absolute atomic E-state index is 6.07. The molecular formula is C13H20ClN3. The molecule has 0 atom stereocenters. The van der Waals surface area contributed by atoms with Crippen LogP contribution in [0, 0.1) is 16.7 Å². The van der Waals surface area contributed by atoms with Gasteiger partial charge in [0.15, 0.2) is 0 Å². The van der Waals surface area contributed by atoms with Crippen LogP contribution in [0.5, 0.6) is 0 Å². The van der Waals surface area contributed by atoms with Crippen LogP contribution < -0.4 is 11.1 Å². The van der Waals surface area contributed by atoms with Gasteiger partial charge in [-0.1, -0.05) is 39.3 Å². The Hall–Kier alpha value is -0.960. The SMILES string of the molecule is CC1(C)C(CNc2ncc(N)cc2Cl)C1(C)C. The standard InChI is InChI=1S/C13H20ClN3/c1-12(2)10(13(12,3)4)7-17-11-9(14)5-8(15)6-16-11/h5-6,10H,7,15H2,1-4H3,(H,16,17). The van der Waals surface area contributed by atoms with E-state index in [2.05, 4.69) is 38.0 Å². The molecule has 1 aliphatic rings. The molecule has 2 rings (SSSR count). The van der Waals surface area contributed by atoms with Gasteiger partial charge in [-0.3, -0.25) is 0 Å². The van der Waals surface area contributed by atoms with Crippen molar-refractivity contribution in [2.45, 2.75) is 27.7 Å². The Kier molecular flexibility index (Phi) is 2.77. The molecule has 1 saturated carbocycles. The Morgan fingerprint density at radius 3 is 2.41 bits per heavy atom. The minimum atomic E-state index is 0.375. The summed E-state index contributed by atoms with van der Waals surface area (Å²) in [4.78, 5) is 4.21. The van der Waals surface area contributed by atoms with Crippen molar-refractivity contribution < 1.29 is 0 Å². The van der Waals surface area contributed by atoms with Crippen LogP contribution in [0.4, 0.5) is 11.5 Å². The fourth-order valence-corrected chi connectivity index (χ4v) is 2.87. The highest BCUT2D eigenvalue weighted by Gasteiger charge is 2.64. The molecule has 0 unspecified atom stereocenters. The Morgan fingerprint density at radius 1 is 1.35 bits per heavy atom. The fraction of sp³-hybridized carbons (Fsp3) is 0.615. The van der Waals surface area contributed by atoms with Crippen molar-refractivity contribution in [3.05, 3.63) is 17.3 Å². The van der Waals surface area contributed by atoms with Gasteiger partial charge in [-0.15, -0.1) is 0 Å². The molecule has 0 saturated heterocycles. The lowest BCUT2D eigenvalue weighted by Gasteiger charge is -2.08. The maximum Gasteiger partial charge on any atom is 0.144 e. The van der Waals surface area contributed by atoms with Gasteiger partial charge in [0.05, 0.1) is 16.9 Å². The minimum Gasteiger partial charge on any atom is -0.397 e. The van der Waals surface area contributed by atoms with E-state index in [1.54, 1.807) is 12.3 Å². The molecule has 1 heterocycles. The Bertz CT molecular complexity index is 426. The van der Waals surface area contributed by atoms with Crippen LogP contribution in [-0.4, -0.2) is 11.5 Å². The summed E-state index contributed by atoms with van der Waals surface area (Å²) in [6, 6.07) is 1.72. The Morgan fingerprint density at radius 2 is 1.94 bits per heavy atom. The van der Waals surface area contributed by atoms with Gasteiger partial charge in [0.1, 0.15) is 5.82 Å². The number of anilines is 2. The Labute approximate surface area is 108 Å². The van der Waals surface area contributed by atoms with Gasteiger partial charge < -0.3 is 11.1 Å². The topological polar surface area (TPSA) is 50.9 Å². The van der Waals surface area contributed by atoms with E-state index in [4.69, 9.17) is 17.3 Å². The van der Waals surface area contributed by atoms with Gasteiger partial charge in [-0.05, 0) is 22.8 Å². The van der Waals surface area contributed by atoms with Crippen LogP contribution >= 0.6 is 11.6 Å².